The fraction of sp³-hybridized carbons (Fsp3) is 0.625. The van der Waals surface area contributed by atoms with E-state index in [2.05, 4.69) is 17.6 Å². The third kappa shape index (κ3) is 5.29. The molecular formula is C16H25FN2. The maximum absolute atomic E-state index is 13.7. The molecule has 1 fully saturated rings. The van der Waals surface area contributed by atoms with Crippen molar-refractivity contribution in [2.45, 2.75) is 51.6 Å². The number of nitrogens with one attached hydrogen (secondary N) is 2. The highest BCUT2D eigenvalue weighted by atomic mass is 19.1. The lowest BCUT2D eigenvalue weighted by Gasteiger charge is -2.08. The van der Waals surface area contributed by atoms with Gasteiger partial charge in [-0.1, -0.05) is 19.1 Å². The van der Waals surface area contributed by atoms with Crippen molar-refractivity contribution in [3.63, 3.8) is 0 Å². The maximum atomic E-state index is 13.7. The average Bonchev–Trinajstić information content (AvgIpc) is 3.23. The van der Waals surface area contributed by atoms with Gasteiger partial charge in [-0.05, 0) is 62.4 Å². The molecule has 0 spiro atoms. The van der Waals surface area contributed by atoms with Gasteiger partial charge in [-0.3, -0.25) is 0 Å². The summed E-state index contributed by atoms with van der Waals surface area (Å²) in [6, 6.07) is 6.26. The summed E-state index contributed by atoms with van der Waals surface area (Å²) in [5.41, 5.74) is 2.04. The van der Waals surface area contributed by atoms with Crippen molar-refractivity contribution in [1.82, 2.24) is 10.6 Å². The van der Waals surface area contributed by atoms with Gasteiger partial charge < -0.3 is 10.6 Å². The summed E-state index contributed by atoms with van der Waals surface area (Å²) in [6.07, 6.45) is 5.70. The molecule has 2 N–H and O–H groups in total. The first-order chi connectivity index (χ1) is 9.29. The molecule has 1 aromatic rings. The minimum Gasteiger partial charge on any atom is -0.314 e. The van der Waals surface area contributed by atoms with E-state index in [0.29, 0.717) is 0 Å². The van der Waals surface area contributed by atoms with E-state index in [-0.39, 0.29) is 5.82 Å². The predicted molar refractivity (Wildman–Crippen MR) is 77.7 cm³/mol. The summed E-state index contributed by atoms with van der Waals surface area (Å²) in [5.74, 6) is -0.0598. The van der Waals surface area contributed by atoms with E-state index in [0.717, 1.165) is 50.5 Å². The van der Waals surface area contributed by atoms with E-state index in [1.807, 2.05) is 12.1 Å². The summed E-state index contributed by atoms with van der Waals surface area (Å²) >= 11 is 0. The topological polar surface area (TPSA) is 24.1 Å². The highest BCUT2D eigenvalue weighted by Gasteiger charge is 2.19. The van der Waals surface area contributed by atoms with Crippen molar-refractivity contribution < 1.29 is 4.39 Å². The van der Waals surface area contributed by atoms with Gasteiger partial charge in [0.05, 0.1) is 0 Å². The van der Waals surface area contributed by atoms with Gasteiger partial charge >= 0.3 is 0 Å². The van der Waals surface area contributed by atoms with Crippen LogP contribution in [0.25, 0.3) is 0 Å². The number of hydrogen-bond acceptors (Lipinski definition) is 2. The largest absolute Gasteiger partial charge is 0.314 e. The van der Waals surface area contributed by atoms with Gasteiger partial charge in [-0.25, -0.2) is 4.39 Å². The molecule has 0 radical (unpaired) electrons. The molecule has 0 saturated heterocycles. The van der Waals surface area contributed by atoms with Gasteiger partial charge in [0.2, 0.25) is 0 Å². The van der Waals surface area contributed by atoms with Crippen LogP contribution in [0.5, 0.6) is 0 Å². The zero-order valence-electron chi connectivity index (χ0n) is 11.8. The number of benzene rings is 1. The van der Waals surface area contributed by atoms with Crippen molar-refractivity contribution in [1.29, 1.82) is 0 Å². The minimum absolute atomic E-state index is 0.0598. The summed E-state index contributed by atoms with van der Waals surface area (Å²) in [7, 11) is 0. The van der Waals surface area contributed by atoms with Crippen LogP contribution < -0.4 is 10.6 Å². The van der Waals surface area contributed by atoms with Gasteiger partial charge in [0, 0.05) is 12.6 Å². The molecule has 0 atom stereocenters. The van der Waals surface area contributed by atoms with Crippen molar-refractivity contribution in [3.8, 4) is 0 Å². The van der Waals surface area contributed by atoms with Crippen LogP contribution in [0, 0.1) is 5.82 Å². The third-order valence-corrected chi connectivity index (χ3v) is 3.57. The summed E-state index contributed by atoms with van der Waals surface area (Å²) in [4.78, 5) is 0. The summed E-state index contributed by atoms with van der Waals surface area (Å²) in [6.45, 7) is 4.92. The first-order valence-corrected chi connectivity index (χ1v) is 7.51. The Bertz CT molecular complexity index is 388. The third-order valence-electron chi connectivity index (χ3n) is 3.57. The smallest absolute Gasteiger partial charge is 0.126 e. The molecule has 0 heterocycles. The Balaban J connectivity index is 1.73. The lowest BCUT2D eigenvalue weighted by Crippen LogP contribution is -2.17. The van der Waals surface area contributed by atoms with E-state index < -0.39 is 0 Å². The second-order valence-electron chi connectivity index (χ2n) is 5.39. The van der Waals surface area contributed by atoms with Crippen LogP contribution in [0.15, 0.2) is 18.2 Å². The van der Waals surface area contributed by atoms with Crippen LogP contribution in [0.1, 0.15) is 43.7 Å². The Morgan fingerprint density at radius 3 is 2.84 bits per heavy atom. The lowest BCUT2D eigenvalue weighted by atomic mass is 10.0. The van der Waals surface area contributed by atoms with Crippen molar-refractivity contribution in [2.75, 3.05) is 13.1 Å². The Labute approximate surface area is 115 Å². The number of aryl methyl sites for hydroxylation is 1. The fourth-order valence-electron chi connectivity index (χ4n) is 2.23. The van der Waals surface area contributed by atoms with Gasteiger partial charge in [0.25, 0.3) is 0 Å². The van der Waals surface area contributed by atoms with Crippen LogP contribution in [0.2, 0.25) is 0 Å². The number of rotatable bonds is 9. The van der Waals surface area contributed by atoms with Gasteiger partial charge in [0.1, 0.15) is 5.82 Å². The average molecular weight is 264 g/mol. The zero-order valence-corrected chi connectivity index (χ0v) is 11.8. The van der Waals surface area contributed by atoms with Gasteiger partial charge in [-0.15, -0.1) is 0 Å². The van der Waals surface area contributed by atoms with Crippen LogP contribution in [-0.4, -0.2) is 19.1 Å². The monoisotopic (exact) mass is 264 g/mol. The van der Waals surface area contributed by atoms with Crippen LogP contribution in [-0.2, 0) is 13.0 Å². The molecule has 1 aliphatic carbocycles. The van der Waals surface area contributed by atoms with E-state index >= 15 is 0 Å². The molecule has 1 aliphatic rings. The molecule has 1 aromatic carbocycles. The van der Waals surface area contributed by atoms with E-state index in [1.54, 1.807) is 6.07 Å². The molecule has 0 amide bonds. The highest BCUT2D eigenvalue weighted by molar-refractivity contribution is 5.25. The first kappa shape index (κ1) is 14.5. The zero-order chi connectivity index (χ0) is 13.5. The van der Waals surface area contributed by atoms with Crippen LogP contribution >= 0.6 is 0 Å². The molecule has 0 aromatic heterocycles. The highest BCUT2D eigenvalue weighted by Crippen LogP contribution is 2.18. The quantitative estimate of drug-likeness (QED) is 0.670. The molecule has 1 saturated carbocycles. The number of unbranched alkanes of at least 4 members (excludes halogenated alkanes) is 1. The van der Waals surface area contributed by atoms with Crippen LogP contribution in [0.3, 0.4) is 0 Å². The molecule has 0 unspecified atom stereocenters. The second kappa shape index (κ2) is 7.61. The van der Waals surface area contributed by atoms with Crippen molar-refractivity contribution in [3.05, 3.63) is 35.1 Å². The molecule has 0 aliphatic heterocycles. The summed E-state index contributed by atoms with van der Waals surface area (Å²) in [5, 5.41) is 6.77. The Morgan fingerprint density at radius 2 is 2.11 bits per heavy atom. The standard InChI is InChI=1S/C16H25FN2/c1-2-18-12-13-6-9-16(17)14(11-13)5-3-4-10-19-15-7-8-15/h6,9,11,15,18-19H,2-5,7-8,10,12H2,1H3. The fourth-order valence-corrected chi connectivity index (χ4v) is 2.23. The molecule has 19 heavy (non-hydrogen) atoms. The van der Waals surface area contributed by atoms with Crippen LogP contribution in [0.4, 0.5) is 4.39 Å². The van der Waals surface area contributed by atoms with E-state index in [1.165, 1.54) is 18.4 Å². The number of halogens is 1. The molecule has 3 heteroatoms. The van der Waals surface area contributed by atoms with Gasteiger partial charge in [-0.2, -0.15) is 0 Å². The molecule has 0 bridgehead atoms. The van der Waals surface area contributed by atoms with E-state index in [4.69, 9.17) is 0 Å². The Hall–Kier alpha value is -0.930. The molecular weight excluding hydrogens is 239 g/mol. The Morgan fingerprint density at radius 1 is 1.26 bits per heavy atom. The minimum atomic E-state index is -0.0598. The summed E-state index contributed by atoms with van der Waals surface area (Å²) < 4.78 is 13.7. The molecule has 2 rings (SSSR count). The maximum Gasteiger partial charge on any atom is 0.126 e. The molecule has 2 nitrogen and oxygen atoms in total. The first-order valence-electron chi connectivity index (χ1n) is 7.51. The SMILES string of the molecule is CCNCc1ccc(F)c(CCCCNC2CC2)c1. The van der Waals surface area contributed by atoms with E-state index in [9.17, 15) is 4.39 Å². The number of hydrogen-bond donors (Lipinski definition) is 2. The Kier molecular flexibility index (Phi) is 5.80. The van der Waals surface area contributed by atoms with Crippen molar-refractivity contribution in [2.24, 2.45) is 0 Å². The predicted octanol–water partition coefficient (Wildman–Crippen LogP) is 3.01. The van der Waals surface area contributed by atoms with Gasteiger partial charge in [0.15, 0.2) is 0 Å². The molecule has 106 valence electrons. The lowest BCUT2D eigenvalue weighted by molar-refractivity contribution is 0.584. The van der Waals surface area contributed by atoms with Crippen molar-refractivity contribution >= 4 is 0 Å². The second-order valence-corrected chi connectivity index (χ2v) is 5.39. The normalized spacial score (nSPS) is 14.8.